The van der Waals surface area contributed by atoms with Crippen LogP contribution in [0.3, 0.4) is 0 Å². The Labute approximate surface area is 196 Å². The summed E-state index contributed by atoms with van der Waals surface area (Å²) in [5.41, 5.74) is 2.00. The normalized spacial score (nSPS) is 15.0. The first-order valence-electron chi connectivity index (χ1n) is 11.5. The molecule has 1 saturated carbocycles. The van der Waals surface area contributed by atoms with Gasteiger partial charge in [-0.15, -0.1) is 0 Å². The third-order valence-corrected chi connectivity index (χ3v) is 8.39. The molecular weight excluding hydrogens is 432 g/mol. The Bertz CT molecular complexity index is 1130. The maximum absolute atomic E-state index is 13.5. The van der Waals surface area contributed by atoms with E-state index < -0.39 is 15.9 Å². The molecule has 0 radical (unpaired) electrons. The van der Waals surface area contributed by atoms with Gasteiger partial charge in [-0.25, -0.2) is 8.42 Å². The number of benzene rings is 3. The van der Waals surface area contributed by atoms with Crippen LogP contribution in [-0.4, -0.2) is 31.7 Å². The number of nitrogens with one attached hydrogen (secondary N) is 1. The number of para-hydroxylation sites is 1. The number of carbonyl (C=O) groups is 1. The molecular formula is C27H30N2O3S. The quantitative estimate of drug-likeness (QED) is 0.510. The molecule has 3 aromatic rings. The highest BCUT2D eigenvalue weighted by molar-refractivity contribution is 7.89. The molecule has 6 heteroatoms. The number of hydrogen-bond donors (Lipinski definition) is 1. The van der Waals surface area contributed by atoms with E-state index in [1.54, 1.807) is 31.3 Å². The predicted molar refractivity (Wildman–Crippen MR) is 132 cm³/mol. The molecule has 0 heterocycles. The van der Waals surface area contributed by atoms with Crippen molar-refractivity contribution in [3.05, 3.63) is 96.1 Å². The monoisotopic (exact) mass is 462 g/mol. The molecule has 1 N–H and O–H groups in total. The Balaban J connectivity index is 1.66. The van der Waals surface area contributed by atoms with Gasteiger partial charge in [0.1, 0.15) is 4.90 Å². The summed E-state index contributed by atoms with van der Waals surface area (Å²) in [4.78, 5) is 13.7. The van der Waals surface area contributed by atoms with Gasteiger partial charge in [0.2, 0.25) is 15.9 Å². The van der Waals surface area contributed by atoms with Crippen molar-refractivity contribution in [2.45, 2.75) is 49.0 Å². The van der Waals surface area contributed by atoms with Crippen LogP contribution in [0.15, 0.2) is 89.8 Å². The van der Waals surface area contributed by atoms with Gasteiger partial charge in [0.05, 0.1) is 11.6 Å². The Morgan fingerprint density at radius 2 is 1.33 bits per heavy atom. The fourth-order valence-corrected chi connectivity index (χ4v) is 6.14. The first-order valence-corrected chi connectivity index (χ1v) is 12.9. The number of nitrogens with zero attached hydrogens (tertiary/aromatic N) is 1. The molecule has 0 unspecified atom stereocenters. The molecule has 5 nitrogen and oxygen atoms in total. The van der Waals surface area contributed by atoms with Crippen molar-refractivity contribution in [2.75, 3.05) is 12.4 Å². The lowest BCUT2D eigenvalue weighted by Crippen LogP contribution is -2.38. The van der Waals surface area contributed by atoms with Gasteiger partial charge >= 0.3 is 0 Å². The largest absolute Gasteiger partial charge is 0.324 e. The molecule has 0 aliphatic heterocycles. The second kappa shape index (κ2) is 10.3. The first-order chi connectivity index (χ1) is 16.0. The summed E-state index contributed by atoms with van der Waals surface area (Å²) in [5, 5.41) is 2.93. The minimum absolute atomic E-state index is 0.00565. The minimum Gasteiger partial charge on any atom is -0.324 e. The van der Waals surface area contributed by atoms with Gasteiger partial charge in [0, 0.05) is 13.1 Å². The van der Waals surface area contributed by atoms with E-state index in [9.17, 15) is 13.2 Å². The molecule has 1 amide bonds. The van der Waals surface area contributed by atoms with E-state index in [4.69, 9.17) is 0 Å². The van der Waals surface area contributed by atoms with Crippen molar-refractivity contribution in [1.82, 2.24) is 4.31 Å². The molecule has 4 rings (SSSR count). The van der Waals surface area contributed by atoms with Crippen LogP contribution in [0.5, 0.6) is 0 Å². The van der Waals surface area contributed by atoms with Crippen LogP contribution in [0.25, 0.3) is 0 Å². The van der Waals surface area contributed by atoms with Crippen molar-refractivity contribution in [3.63, 3.8) is 0 Å². The number of anilines is 1. The van der Waals surface area contributed by atoms with Gasteiger partial charge in [0.25, 0.3) is 0 Å². The number of sulfonamides is 1. The smallest absolute Gasteiger partial charge is 0.245 e. The van der Waals surface area contributed by atoms with E-state index >= 15 is 0 Å². The zero-order chi connectivity index (χ0) is 23.3. The zero-order valence-corrected chi connectivity index (χ0v) is 19.7. The van der Waals surface area contributed by atoms with Crippen LogP contribution >= 0.6 is 0 Å². The van der Waals surface area contributed by atoms with Gasteiger partial charge in [-0.05, 0) is 36.1 Å². The van der Waals surface area contributed by atoms with Crippen LogP contribution in [0.4, 0.5) is 5.69 Å². The van der Waals surface area contributed by atoms with Gasteiger partial charge < -0.3 is 5.32 Å². The summed E-state index contributed by atoms with van der Waals surface area (Å²) < 4.78 is 28.5. The highest BCUT2D eigenvalue weighted by Gasteiger charge is 2.32. The Hall–Kier alpha value is -2.96. The lowest BCUT2D eigenvalue weighted by Gasteiger charge is -2.31. The Morgan fingerprint density at radius 1 is 0.818 bits per heavy atom. The molecule has 0 atom stereocenters. The van der Waals surface area contributed by atoms with Crippen molar-refractivity contribution < 1.29 is 13.2 Å². The summed E-state index contributed by atoms with van der Waals surface area (Å²) in [6.07, 6.45) is 4.97. The van der Waals surface area contributed by atoms with Gasteiger partial charge in [0.15, 0.2) is 0 Å². The fraction of sp³-hybridized carbons (Fsp3) is 0.296. The molecule has 0 saturated heterocycles. The summed E-state index contributed by atoms with van der Waals surface area (Å²) >= 11 is 0. The molecule has 1 fully saturated rings. The molecule has 0 bridgehead atoms. The molecule has 172 valence electrons. The van der Waals surface area contributed by atoms with Crippen molar-refractivity contribution in [2.24, 2.45) is 0 Å². The molecule has 0 spiro atoms. The van der Waals surface area contributed by atoms with Crippen LogP contribution in [0, 0.1) is 0 Å². The number of rotatable bonds is 7. The van der Waals surface area contributed by atoms with Gasteiger partial charge in [-0.2, -0.15) is 4.31 Å². The van der Waals surface area contributed by atoms with Crippen molar-refractivity contribution in [3.8, 4) is 0 Å². The van der Waals surface area contributed by atoms with E-state index in [0.29, 0.717) is 5.69 Å². The van der Waals surface area contributed by atoms with Crippen LogP contribution in [-0.2, 0) is 14.8 Å². The van der Waals surface area contributed by atoms with Crippen LogP contribution in [0.2, 0.25) is 0 Å². The third-order valence-electron chi connectivity index (χ3n) is 6.42. The highest BCUT2D eigenvalue weighted by Crippen LogP contribution is 2.32. The zero-order valence-electron chi connectivity index (χ0n) is 18.9. The lowest BCUT2D eigenvalue weighted by atomic mass is 9.90. The summed E-state index contributed by atoms with van der Waals surface area (Å²) in [6.45, 7) is 0. The standard InChI is InChI=1S/C27H30N2O3S/c1-29(23-17-9-4-10-18-23)33(31,32)25-20-12-11-19-24(25)28-27(30)26(21-13-5-2-6-14-21)22-15-7-3-8-16-22/h2-3,5-8,11-16,19-20,23,26H,4,9-10,17-18H2,1H3,(H,28,30). The second-order valence-electron chi connectivity index (χ2n) is 8.55. The molecule has 3 aromatic carbocycles. The van der Waals surface area contributed by atoms with Crippen LogP contribution in [0.1, 0.15) is 49.1 Å². The Kier molecular flexibility index (Phi) is 7.26. The van der Waals surface area contributed by atoms with Gasteiger partial charge in [-0.3, -0.25) is 4.79 Å². The van der Waals surface area contributed by atoms with E-state index in [0.717, 1.165) is 43.2 Å². The summed E-state index contributed by atoms with van der Waals surface area (Å²) in [6, 6.07) is 25.7. The minimum atomic E-state index is -3.75. The number of amides is 1. The second-order valence-corrected chi connectivity index (χ2v) is 10.5. The maximum atomic E-state index is 13.5. The highest BCUT2D eigenvalue weighted by atomic mass is 32.2. The first kappa shape index (κ1) is 23.2. The number of hydrogen-bond acceptors (Lipinski definition) is 3. The molecule has 1 aliphatic carbocycles. The lowest BCUT2D eigenvalue weighted by molar-refractivity contribution is -0.116. The fourth-order valence-electron chi connectivity index (χ4n) is 4.58. The SMILES string of the molecule is CN(C1CCCCC1)S(=O)(=O)c1ccccc1NC(=O)C(c1ccccc1)c1ccccc1. The van der Waals surface area contributed by atoms with Crippen molar-refractivity contribution >= 4 is 21.6 Å². The van der Waals surface area contributed by atoms with E-state index in [1.807, 2.05) is 60.7 Å². The molecule has 33 heavy (non-hydrogen) atoms. The predicted octanol–water partition coefficient (Wildman–Crippen LogP) is 5.41. The molecule has 1 aliphatic rings. The van der Waals surface area contributed by atoms with Crippen LogP contribution < -0.4 is 5.32 Å². The summed E-state index contributed by atoms with van der Waals surface area (Å²) in [5.74, 6) is -0.824. The van der Waals surface area contributed by atoms with E-state index in [-0.39, 0.29) is 16.8 Å². The maximum Gasteiger partial charge on any atom is 0.245 e. The average molecular weight is 463 g/mol. The van der Waals surface area contributed by atoms with Gasteiger partial charge in [-0.1, -0.05) is 92.1 Å². The van der Waals surface area contributed by atoms with E-state index in [1.165, 1.54) is 4.31 Å². The Morgan fingerprint density at radius 3 is 1.91 bits per heavy atom. The average Bonchev–Trinajstić information content (AvgIpc) is 2.86. The topological polar surface area (TPSA) is 66.5 Å². The van der Waals surface area contributed by atoms with E-state index in [2.05, 4.69) is 5.32 Å². The molecule has 0 aromatic heterocycles. The van der Waals surface area contributed by atoms with Crippen molar-refractivity contribution in [1.29, 1.82) is 0 Å². The summed E-state index contributed by atoms with van der Waals surface area (Å²) in [7, 11) is -2.10. The third kappa shape index (κ3) is 5.18. The number of carbonyl (C=O) groups excluding carboxylic acids is 1.